The van der Waals surface area contributed by atoms with E-state index in [1.165, 1.54) is 26.0 Å². The lowest BCUT2D eigenvalue weighted by Gasteiger charge is -2.06. The first-order valence-corrected chi connectivity index (χ1v) is 4.14. The molecule has 0 amide bonds. The summed E-state index contributed by atoms with van der Waals surface area (Å²) in [6.07, 6.45) is 5.61. The largest absolute Gasteiger partial charge is 0.466 e. The van der Waals surface area contributed by atoms with Gasteiger partial charge in [-0.1, -0.05) is 6.92 Å². The molecule has 3 heteroatoms. The summed E-state index contributed by atoms with van der Waals surface area (Å²) in [4.78, 5) is 10.6. The fourth-order valence-electron chi connectivity index (χ4n) is 0.890. The smallest absolute Gasteiger partial charge is 0.331 e. The number of nitrogens with one attached hydrogen (secondary N) is 1. The van der Waals surface area contributed by atoms with Gasteiger partial charge in [-0.05, 0) is 18.3 Å². The summed E-state index contributed by atoms with van der Waals surface area (Å²) in [7, 11) is 1.37. The van der Waals surface area contributed by atoms with Gasteiger partial charge in [0.25, 0.3) is 0 Å². The predicted octanol–water partition coefficient (Wildman–Crippen LogP) is 1.06. The highest BCUT2D eigenvalue weighted by atomic mass is 16.5. The molecule has 0 unspecified atom stereocenters. The normalized spacial score (nSPS) is 19.2. The van der Waals surface area contributed by atoms with Gasteiger partial charge in [0.15, 0.2) is 0 Å². The van der Waals surface area contributed by atoms with Gasteiger partial charge in [-0.15, -0.1) is 0 Å². The Morgan fingerprint density at radius 3 is 2.83 bits per heavy atom. The minimum Gasteiger partial charge on any atom is -0.466 e. The van der Waals surface area contributed by atoms with Crippen LogP contribution in [-0.4, -0.2) is 19.6 Å². The average Bonchev–Trinajstić information content (AvgIpc) is 2.78. The zero-order valence-electron chi connectivity index (χ0n) is 7.59. The first-order valence-electron chi connectivity index (χ1n) is 4.14. The molecule has 0 aromatic carbocycles. The summed E-state index contributed by atoms with van der Waals surface area (Å²) in [6, 6.07) is 0. The van der Waals surface area contributed by atoms with E-state index in [9.17, 15) is 4.79 Å². The Balaban J connectivity index is 2.09. The standard InChI is InChI=1S/C9H15NO2/c1-9(4-5-9)7-10-6-3-8(11)12-2/h3,6,10H,4-5,7H2,1-2H3/b6-3+. The molecule has 1 N–H and O–H groups in total. The second kappa shape index (κ2) is 3.61. The van der Waals surface area contributed by atoms with E-state index in [0.29, 0.717) is 5.41 Å². The van der Waals surface area contributed by atoms with E-state index >= 15 is 0 Å². The van der Waals surface area contributed by atoms with Crippen molar-refractivity contribution in [1.82, 2.24) is 5.32 Å². The fourth-order valence-corrected chi connectivity index (χ4v) is 0.890. The lowest BCUT2D eigenvalue weighted by Crippen LogP contribution is -2.16. The third-order valence-electron chi connectivity index (χ3n) is 2.17. The fraction of sp³-hybridized carbons (Fsp3) is 0.667. The number of carbonyl (C=O) groups is 1. The average molecular weight is 169 g/mol. The van der Waals surface area contributed by atoms with Crippen molar-refractivity contribution in [3.8, 4) is 0 Å². The first-order chi connectivity index (χ1) is 5.66. The molecule has 0 aromatic heterocycles. The van der Waals surface area contributed by atoms with E-state index in [-0.39, 0.29) is 5.97 Å². The molecule has 0 radical (unpaired) electrons. The number of rotatable bonds is 4. The monoisotopic (exact) mass is 169 g/mol. The van der Waals surface area contributed by atoms with Crippen molar-refractivity contribution in [2.75, 3.05) is 13.7 Å². The van der Waals surface area contributed by atoms with Gasteiger partial charge in [0.1, 0.15) is 0 Å². The Labute approximate surface area is 72.8 Å². The van der Waals surface area contributed by atoms with E-state index in [1.807, 2.05) is 0 Å². The highest BCUT2D eigenvalue weighted by Gasteiger charge is 2.36. The van der Waals surface area contributed by atoms with E-state index in [0.717, 1.165) is 6.54 Å². The molecule has 0 saturated heterocycles. The van der Waals surface area contributed by atoms with Crippen molar-refractivity contribution >= 4 is 5.97 Å². The summed E-state index contributed by atoms with van der Waals surface area (Å²) in [6.45, 7) is 3.17. The zero-order chi connectivity index (χ0) is 9.03. The molecule has 0 aliphatic heterocycles. The summed E-state index contributed by atoms with van der Waals surface area (Å²) in [5.41, 5.74) is 0.473. The van der Waals surface area contributed by atoms with Crippen LogP contribution in [0.4, 0.5) is 0 Å². The maximum Gasteiger partial charge on any atom is 0.331 e. The summed E-state index contributed by atoms with van der Waals surface area (Å²) in [5, 5.41) is 3.07. The molecule has 0 heterocycles. The number of hydrogen-bond acceptors (Lipinski definition) is 3. The summed E-state index contributed by atoms with van der Waals surface area (Å²) in [5.74, 6) is -0.316. The van der Waals surface area contributed by atoms with E-state index in [2.05, 4.69) is 17.0 Å². The SMILES string of the molecule is COC(=O)/C=C/NCC1(C)CC1. The zero-order valence-corrected chi connectivity index (χ0v) is 7.59. The molecule has 1 rings (SSSR count). The lowest BCUT2D eigenvalue weighted by atomic mass is 10.1. The molecule has 0 atom stereocenters. The number of carbonyl (C=O) groups excluding carboxylic acids is 1. The van der Waals surface area contributed by atoms with Crippen LogP contribution in [0.25, 0.3) is 0 Å². The van der Waals surface area contributed by atoms with E-state index in [4.69, 9.17) is 0 Å². The van der Waals surface area contributed by atoms with Gasteiger partial charge in [0.05, 0.1) is 7.11 Å². The van der Waals surface area contributed by atoms with Gasteiger partial charge in [-0.2, -0.15) is 0 Å². The maximum atomic E-state index is 10.6. The topological polar surface area (TPSA) is 38.3 Å². The number of ether oxygens (including phenoxy) is 1. The van der Waals surface area contributed by atoms with Crippen LogP contribution in [0, 0.1) is 5.41 Å². The van der Waals surface area contributed by atoms with Gasteiger partial charge >= 0.3 is 5.97 Å². The van der Waals surface area contributed by atoms with Crippen molar-refractivity contribution in [3.63, 3.8) is 0 Å². The number of methoxy groups -OCH3 is 1. The van der Waals surface area contributed by atoms with Crippen LogP contribution in [0.15, 0.2) is 12.3 Å². The van der Waals surface area contributed by atoms with Crippen LogP contribution >= 0.6 is 0 Å². The molecule has 0 bridgehead atoms. The van der Waals surface area contributed by atoms with Crippen LogP contribution in [0.5, 0.6) is 0 Å². The van der Waals surface area contributed by atoms with Gasteiger partial charge in [0.2, 0.25) is 0 Å². The highest BCUT2D eigenvalue weighted by molar-refractivity contribution is 5.81. The number of esters is 1. The molecule has 1 saturated carbocycles. The van der Waals surface area contributed by atoms with Crippen LogP contribution in [0.1, 0.15) is 19.8 Å². The molecule has 0 aromatic rings. The Morgan fingerprint density at radius 1 is 1.67 bits per heavy atom. The molecule has 1 aliphatic carbocycles. The molecule has 1 aliphatic rings. The minimum absolute atomic E-state index is 0.316. The van der Waals surface area contributed by atoms with Gasteiger partial charge in [-0.3, -0.25) is 0 Å². The predicted molar refractivity (Wildman–Crippen MR) is 46.5 cm³/mol. The molecular weight excluding hydrogens is 154 g/mol. The molecule has 1 fully saturated rings. The molecule has 68 valence electrons. The Bertz CT molecular complexity index is 195. The maximum absolute atomic E-state index is 10.6. The van der Waals surface area contributed by atoms with Crippen LogP contribution < -0.4 is 5.32 Å². The lowest BCUT2D eigenvalue weighted by molar-refractivity contribution is -0.134. The van der Waals surface area contributed by atoms with E-state index in [1.54, 1.807) is 6.20 Å². The highest BCUT2D eigenvalue weighted by Crippen LogP contribution is 2.43. The Morgan fingerprint density at radius 2 is 2.33 bits per heavy atom. The second-order valence-corrected chi connectivity index (χ2v) is 3.55. The van der Waals surface area contributed by atoms with Crippen LogP contribution in [-0.2, 0) is 9.53 Å². The molecule has 0 spiro atoms. The Hall–Kier alpha value is -0.990. The van der Waals surface area contributed by atoms with Gasteiger partial charge < -0.3 is 10.1 Å². The van der Waals surface area contributed by atoms with Crippen molar-refractivity contribution in [1.29, 1.82) is 0 Å². The quantitative estimate of drug-likeness (QED) is 0.505. The van der Waals surface area contributed by atoms with Crippen LogP contribution in [0.2, 0.25) is 0 Å². The second-order valence-electron chi connectivity index (χ2n) is 3.55. The van der Waals surface area contributed by atoms with Gasteiger partial charge in [-0.25, -0.2) is 4.79 Å². The van der Waals surface area contributed by atoms with Crippen molar-refractivity contribution < 1.29 is 9.53 Å². The minimum atomic E-state index is -0.316. The third-order valence-corrected chi connectivity index (χ3v) is 2.17. The van der Waals surface area contributed by atoms with Crippen LogP contribution in [0.3, 0.4) is 0 Å². The number of hydrogen-bond donors (Lipinski definition) is 1. The summed E-state index contributed by atoms with van der Waals surface area (Å²) >= 11 is 0. The Kier molecular flexibility index (Phi) is 2.74. The summed E-state index contributed by atoms with van der Waals surface area (Å²) < 4.78 is 4.43. The third kappa shape index (κ3) is 2.95. The van der Waals surface area contributed by atoms with Crippen molar-refractivity contribution in [2.45, 2.75) is 19.8 Å². The van der Waals surface area contributed by atoms with Crippen molar-refractivity contribution in [2.24, 2.45) is 5.41 Å². The molecular formula is C9H15NO2. The molecule has 12 heavy (non-hydrogen) atoms. The molecule has 3 nitrogen and oxygen atoms in total. The van der Waals surface area contributed by atoms with E-state index < -0.39 is 0 Å². The van der Waals surface area contributed by atoms with Gasteiger partial charge in [0, 0.05) is 18.8 Å². The van der Waals surface area contributed by atoms with Crippen molar-refractivity contribution in [3.05, 3.63) is 12.3 Å². The first kappa shape index (κ1) is 9.10.